The lowest BCUT2D eigenvalue weighted by atomic mass is 9.96. The average Bonchev–Trinajstić information content (AvgIpc) is 2.91. The second-order valence-corrected chi connectivity index (χ2v) is 5.95. The van der Waals surface area contributed by atoms with Crippen molar-refractivity contribution in [1.29, 1.82) is 0 Å². The molecule has 5 nitrogen and oxygen atoms in total. The predicted octanol–water partition coefficient (Wildman–Crippen LogP) is 1.62. The normalized spacial score (nSPS) is 21.1. The fourth-order valence-corrected chi connectivity index (χ4v) is 3.18. The highest BCUT2D eigenvalue weighted by molar-refractivity contribution is 5.88. The molecule has 1 saturated heterocycles. The minimum Gasteiger partial charge on any atom is -0.478 e. The third kappa shape index (κ3) is 3.08. The van der Waals surface area contributed by atoms with Crippen LogP contribution in [-0.4, -0.2) is 35.0 Å². The van der Waals surface area contributed by atoms with E-state index in [1.807, 2.05) is 11.0 Å². The number of carboxylic acids is 1. The van der Waals surface area contributed by atoms with E-state index in [0.29, 0.717) is 31.0 Å². The number of carbonyl (C=O) groups excluding carboxylic acids is 1. The summed E-state index contributed by atoms with van der Waals surface area (Å²) in [6.45, 7) is 3.12. The molecule has 1 fully saturated rings. The van der Waals surface area contributed by atoms with Gasteiger partial charge in [-0.05, 0) is 55.1 Å². The molecule has 2 N–H and O–H groups in total. The quantitative estimate of drug-likeness (QED) is 0.886. The Labute approximate surface area is 123 Å². The number of aromatic carboxylic acids is 1. The molecule has 0 aromatic heterocycles. The summed E-state index contributed by atoms with van der Waals surface area (Å²) in [5, 5.41) is 12.4. The third-order valence-electron chi connectivity index (χ3n) is 4.39. The van der Waals surface area contributed by atoms with Gasteiger partial charge in [0.2, 0.25) is 5.91 Å². The van der Waals surface area contributed by atoms with Crippen LogP contribution in [0.4, 0.5) is 0 Å². The fourth-order valence-electron chi connectivity index (χ4n) is 3.18. The molecule has 1 unspecified atom stereocenters. The van der Waals surface area contributed by atoms with Gasteiger partial charge >= 0.3 is 5.97 Å². The van der Waals surface area contributed by atoms with Gasteiger partial charge in [0.15, 0.2) is 0 Å². The Kier molecular flexibility index (Phi) is 3.92. The van der Waals surface area contributed by atoms with Crippen molar-refractivity contribution in [2.24, 2.45) is 5.92 Å². The van der Waals surface area contributed by atoms with Gasteiger partial charge in [0.25, 0.3) is 0 Å². The SMILES string of the molecule is O=C(O)c1ccc2c(c1)CN(C(=O)CC1CCCNC1)C2. The number of amides is 1. The topological polar surface area (TPSA) is 69.6 Å². The zero-order chi connectivity index (χ0) is 14.8. The van der Waals surface area contributed by atoms with Gasteiger partial charge in [-0.25, -0.2) is 4.79 Å². The molecule has 0 radical (unpaired) electrons. The molecule has 0 saturated carbocycles. The van der Waals surface area contributed by atoms with Crippen LogP contribution in [0.2, 0.25) is 0 Å². The van der Waals surface area contributed by atoms with Crippen molar-refractivity contribution in [3.63, 3.8) is 0 Å². The number of piperidine rings is 1. The molecular weight excluding hydrogens is 268 g/mol. The van der Waals surface area contributed by atoms with Crippen molar-refractivity contribution in [2.45, 2.75) is 32.4 Å². The minimum absolute atomic E-state index is 0.178. The molecular formula is C16H20N2O3. The van der Waals surface area contributed by atoms with Gasteiger partial charge in [-0.3, -0.25) is 4.79 Å². The Morgan fingerprint density at radius 3 is 2.81 bits per heavy atom. The fraction of sp³-hybridized carbons (Fsp3) is 0.500. The molecule has 1 amide bonds. The maximum atomic E-state index is 12.4. The maximum Gasteiger partial charge on any atom is 0.335 e. The number of hydrogen-bond donors (Lipinski definition) is 2. The molecule has 2 aliphatic heterocycles. The van der Waals surface area contributed by atoms with Gasteiger partial charge in [-0.2, -0.15) is 0 Å². The summed E-state index contributed by atoms with van der Waals surface area (Å²) < 4.78 is 0. The van der Waals surface area contributed by atoms with E-state index < -0.39 is 5.97 Å². The standard InChI is InChI=1S/C16H20N2O3/c19-15(6-11-2-1-5-17-8-11)18-9-13-4-3-12(16(20)21)7-14(13)10-18/h3-4,7,11,17H,1-2,5-6,8-10H2,(H,20,21). The van der Waals surface area contributed by atoms with E-state index in [-0.39, 0.29) is 5.91 Å². The van der Waals surface area contributed by atoms with Crippen molar-refractivity contribution >= 4 is 11.9 Å². The summed E-state index contributed by atoms with van der Waals surface area (Å²) >= 11 is 0. The van der Waals surface area contributed by atoms with Crippen molar-refractivity contribution < 1.29 is 14.7 Å². The zero-order valence-electron chi connectivity index (χ0n) is 12.0. The number of carboxylic acid groups (broad SMARTS) is 1. The van der Waals surface area contributed by atoms with E-state index in [1.165, 1.54) is 0 Å². The van der Waals surface area contributed by atoms with Gasteiger partial charge in [0, 0.05) is 19.5 Å². The first kappa shape index (κ1) is 14.1. The number of nitrogens with zero attached hydrogens (tertiary/aromatic N) is 1. The first-order valence-electron chi connectivity index (χ1n) is 7.47. The molecule has 1 atom stereocenters. The molecule has 21 heavy (non-hydrogen) atoms. The largest absolute Gasteiger partial charge is 0.478 e. The summed E-state index contributed by atoms with van der Waals surface area (Å²) in [6.07, 6.45) is 2.84. The van der Waals surface area contributed by atoms with Crippen LogP contribution < -0.4 is 5.32 Å². The highest BCUT2D eigenvalue weighted by Gasteiger charge is 2.26. The number of fused-ring (bicyclic) bond motifs is 1. The average molecular weight is 288 g/mol. The summed E-state index contributed by atoms with van der Waals surface area (Å²) in [4.78, 5) is 25.2. The maximum absolute atomic E-state index is 12.4. The van der Waals surface area contributed by atoms with Gasteiger partial charge in [0.05, 0.1) is 5.56 Å². The van der Waals surface area contributed by atoms with Crippen LogP contribution in [0.5, 0.6) is 0 Å². The van der Waals surface area contributed by atoms with Crippen molar-refractivity contribution in [3.05, 3.63) is 34.9 Å². The molecule has 2 aliphatic rings. The summed E-state index contributed by atoms with van der Waals surface area (Å²) in [5.41, 5.74) is 2.32. The zero-order valence-corrected chi connectivity index (χ0v) is 12.0. The first-order valence-corrected chi connectivity index (χ1v) is 7.47. The highest BCUT2D eigenvalue weighted by atomic mass is 16.4. The monoisotopic (exact) mass is 288 g/mol. The lowest BCUT2D eigenvalue weighted by Gasteiger charge is -2.24. The number of benzene rings is 1. The number of nitrogens with one attached hydrogen (secondary N) is 1. The molecule has 0 bridgehead atoms. The van der Waals surface area contributed by atoms with Gasteiger partial charge < -0.3 is 15.3 Å². The summed E-state index contributed by atoms with van der Waals surface area (Å²) in [6, 6.07) is 5.13. The number of carbonyl (C=O) groups is 2. The van der Waals surface area contributed by atoms with Crippen LogP contribution in [0.15, 0.2) is 18.2 Å². The molecule has 0 spiro atoms. The third-order valence-corrected chi connectivity index (χ3v) is 4.39. The molecule has 0 aliphatic carbocycles. The van der Waals surface area contributed by atoms with Crippen LogP contribution in [0, 0.1) is 5.92 Å². The Bertz CT molecular complexity index is 565. The van der Waals surface area contributed by atoms with Crippen molar-refractivity contribution in [3.8, 4) is 0 Å². The number of rotatable bonds is 3. The van der Waals surface area contributed by atoms with E-state index in [1.54, 1.807) is 12.1 Å². The predicted molar refractivity (Wildman–Crippen MR) is 77.9 cm³/mol. The van der Waals surface area contributed by atoms with Crippen molar-refractivity contribution in [2.75, 3.05) is 13.1 Å². The van der Waals surface area contributed by atoms with Crippen LogP contribution >= 0.6 is 0 Å². The van der Waals surface area contributed by atoms with E-state index >= 15 is 0 Å². The van der Waals surface area contributed by atoms with E-state index in [9.17, 15) is 9.59 Å². The molecule has 2 heterocycles. The minimum atomic E-state index is -0.921. The van der Waals surface area contributed by atoms with Gasteiger partial charge in [0.1, 0.15) is 0 Å². The highest BCUT2D eigenvalue weighted by Crippen LogP contribution is 2.26. The van der Waals surface area contributed by atoms with E-state index in [2.05, 4.69) is 5.32 Å². The first-order chi connectivity index (χ1) is 10.1. The summed E-state index contributed by atoms with van der Waals surface area (Å²) in [7, 11) is 0. The molecule has 1 aromatic rings. The Balaban J connectivity index is 1.63. The lowest BCUT2D eigenvalue weighted by molar-refractivity contribution is -0.133. The van der Waals surface area contributed by atoms with Gasteiger partial charge in [-0.1, -0.05) is 6.07 Å². The molecule has 112 valence electrons. The lowest BCUT2D eigenvalue weighted by Crippen LogP contribution is -2.34. The Morgan fingerprint density at radius 1 is 1.29 bits per heavy atom. The van der Waals surface area contributed by atoms with E-state index in [0.717, 1.165) is 37.1 Å². The van der Waals surface area contributed by atoms with Crippen LogP contribution in [0.3, 0.4) is 0 Å². The smallest absolute Gasteiger partial charge is 0.335 e. The van der Waals surface area contributed by atoms with E-state index in [4.69, 9.17) is 5.11 Å². The summed E-state index contributed by atoms with van der Waals surface area (Å²) in [5.74, 6) is -0.308. The number of hydrogen-bond acceptors (Lipinski definition) is 3. The molecule has 3 rings (SSSR count). The van der Waals surface area contributed by atoms with Gasteiger partial charge in [-0.15, -0.1) is 0 Å². The van der Waals surface area contributed by atoms with Crippen LogP contribution in [0.1, 0.15) is 40.7 Å². The Morgan fingerprint density at radius 2 is 2.10 bits per heavy atom. The van der Waals surface area contributed by atoms with Crippen LogP contribution in [-0.2, 0) is 17.9 Å². The molecule has 5 heteroatoms. The second kappa shape index (κ2) is 5.85. The Hall–Kier alpha value is -1.88. The van der Waals surface area contributed by atoms with Crippen molar-refractivity contribution in [1.82, 2.24) is 10.2 Å². The van der Waals surface area contributed by atoms with Crippen LogP contribution in [0.25, 0.3) is 0 Å². The molecule has 1 aromatic carbocycles. The second-order valence-electron chi connectivity index (χ2n) is 5.95.